The second-order valence-corrected chi connectivity index (χ2v) is 5.84. The Morgan fingerprint density at radius 3 is 1.38 bits per heavy atom. The van der Waals surface area contributed by atoms with Gasteiger partial charge in [0.05, 0.1) is 0 Å². The molecular weight excluding hydrogens is 296 g/mol. The third-order valence-electron chi connectivity index (χ3n) is 4.53. The average molecular weight is 310 g/mol. The first kappa shape index (κ1) is 14.3. The summed E-state index contributed by atoms with van der Waals surface area (Å²) in [7, 11) is 0. The van der Waals surface area contributed by atoms with Gasteiger partial charge < -0.3 is 0 Å². The summed E-state index contributed by atoms with van der Waals surface area (Å²) in [5, 5.41) is 1.90. The molecule has 0 atom stereocenters. The summed E-state index contributed by atoms with van der Waals surface area (Å²) in [6.45, 7) is 7.55. The monoisotopic (exact) mass is 310 g/mol. The van der Waals surface area contributed by atoms with Crippen molar-refractivity contribution in [2.75, 3.05) is 0 Å². The van der Waals surface area contributed by atoms with Gasteiger partial charge in [-0.05, 0) is 46.2 Å². The summed E-state index contributed by atoms with van der Waals surface area (Å²) in [6.07, 6.45) is 3.34. The van der Waals surface area contributed by atoms with Gasteiger partial charge in [0.1, 0.15) is 0 Å². The van der Waals surface area contributed by atoms with Gasteiger partial charge >= 0.3 is 0 Å². The van der Waals surface area contributed by atoms with Gasteiger partial charge in [-0.1, -0.05) is 49.6 Å². The predicted octanol–water partition coefficient (Wildman–Crippen LogP) is 4.90. The molecule has 3 aromatic carbocycles. The van der Waals surface area contributed by atoms with E-state index in [-0.39, 0.29) is 11.6 Å². The van der Waals surface area contributed by atoms with E-state index in [1.807, 2.05) is 36.4 Å². The van der Waals surface area contributed by atoms with Gasteiger partial charge in [0, 0.05) is 22.3 Å². The first-order chi connectivity index (χ1) is 11.6. The van der Waals surface area contributed by atoms with Gasteiger partial charge in [0.15, 0.2) is 11.6 Å². The number of carbonyl (C=O) groups is 2. The van der Waals surface area contributed by atoms with Crippen LogP contribution < -0.4 is 0 Å². The minimum absolute atomic E-state index is 0.121. The Balaban J connectivity index is 2.03. The van der Waals surface area contributed by atoms with Crippen molar-refractivity contribution < 1.29 is 9.59 Å². The van der Waals surface area contributed by atoms with Crippen LogP contribution in [0.2, 0.25) is 0 Å². The van der Waals surface area contributed by atoms with Crippen molar-refractivity contribution in [3.8, 4) is 0 Å². The van der Waals surface area contributed by atoms with Crippen molar-refractivity contribution in [3.63, 3.8) is 0 Å². The fourth-order valence-corrected chi connectivity index (χ4v) is 3.27. The van der Waals surface area contributed by atoms with Crippen LogP contribution in [0.25, 0.3) is 22.9 Å². The van der Waals surface area contributed by atoms with Crippen LogP contribution in [0.1, 0.15) is 43.0 Å². The normalized spacial score (nSPS) is 12.7. The number of carbonyl (C=O) groups excluding carboxylic acids is 2. The molecule has 0 saturated carbocycles. The molecule has 2 nitrogen and oxygen atoms in total. The Morgan fingerprint density at radius 1 is 0.625 bits per heavy atom. The van der Waals surface area contributed by atoms with Crippen LogP contribution in [0.5, 0.6) is 0 Å². The summed E-state index contributed by atoms with van der Waals surface area (Å²) >= 11 is 0. The molecule has 0 spiro atoms. The molecule has 0 heterocycles. The van der Waals surface area contributed by atoms with Gasteiger partial charge in [-0.25, -0.2) is 0 Å². The third-order valence-corrected chi connectivity index (χ3v) is 4.53. The molecule has 4 rings (SSSR count). The van der Waals surface area contributed by atoms with Crippen molar-refractivity contribution in [1.29, 1.82) is 0 Å². The van der Waals surface area contributed by atoms with E-state index in [9.17, 15) is 9.59 Å². The van der Waals surface area contributed by atoms with Crippen molar-refractivity contribution in [2.24, 2.45) is 0 Å². The fourth-order valence-electron chi connectivity index (χ4n) is 3.27. The highest BCUT2D eigenvalue weighted by atomic mass is 16.1. The summed E-state index contributed by atoms with van der Waals surface area (Å²) in [6, 6.07) is 14.8. The minimum atomic E-state index is -0.121. The third kappa shape index (κ3) is 1.90. The Labute approximate surface area is 139 Å². The topological polar surface area (TPSA) is 34.1 Å². The molecule has 0 unspecified atom stereocenters. The minimum Gasteiger partial charge on any atom is -0.289 e. The van der Waals surface area contributed by atoms with Gasteiger partial charge in [0.2, 0.25) is 0 Å². The fraction of sp³-hybridized carbons (Fsp3) is 0. The molecule has 0 N–H and O–H groups in total. The molecule has 2 heteroatoms. The molecule has 0 aliphatic heterocycles. The van der Waals surface area contributed by atoms with Crippen LogP contribution >= 0.6 is 0 Å². The maximum absolute atomic E-state index is 13.0. The van der Waals surface area contributed by atoms with Crippen LogP contribution in [0.15, 0.2) is 61.7 Å². The number of hydrogen-bond acceptors (Lipinski definition) is 2. The average Bonchev–Trinajstić information content (AvgIpc) is 2.63. The van der Waals surface area contributed by atoms with Crippen molar-refractivity contribution in [2.45, 2.75) is 0 Å². The smallest absolute Gasteiger partial charge is 0.194 e. The molecule has 1 aliphatic rings. The zero-order valence-corrected chi connectivity index (χ0v) is 13.0. The highest BCUT2D eigenvalue weighted by Gasteiger charge is 2.30. The molecule has 0 saturated heterocycles. The standard InChI is InChI=1S/C22H14O2/c1-3-13-9-17-18(10-14(13)4-2)22(24)20-12-16-8-6-5-7-15(16)11-19(20)21(17)23/h3-12H,1-2H2. The van der Waals surface area contributed by atoms with E-state index in [2.05, 4.69) is 13.2 Å². The molecule has 0 radical (unpaired) electrons. The Hall–Kier alpha value is -3.26. The van der Waals surface area contributed by atoms with Gasteiger partial charge in [-0.3, -0.25) is 9.59 Å². The largest absolute Gasteiger partial charge is 0.289 e. The molecule has 0 fully saturated rings. The number of benzene rings is 3. The summed E-state index contributed by atoms with van der Waals surface area (Å²) in [4.78, 5) is 25.9. The quantitative estimate of drug-likeness (QED) is 0.527. The second-order valence-electron chi connectivity index (χ2n) is 5.84. The molecule has 0 aromatic heterocycles. The molecule has 0 amide bonds. The lowest BCUT2D eigenvalue weighted by Gasteiger charge is -2.20. The van der Waals surface area contributed by atoms with E-state index in [1.54, 1.807) is 24.3 Å². The van der Waals surface area contributed by atoms with Crippen molar-refractivity contribution in [1.82, 2.24) is 0 Å². The first-order valence-electron chi connectivity index (χ1n) is 7.69. The van der Waals surface area contributed by atoms with Crippen LogP contribution in [0.3, 0.4) is 0 Å². The summed E-state index contributed by atoms with van der Waals surface area (Å²) in [5.74, 6) is -0.242. The molecule has 1 aliphatic carbocycles. The second kappa shape index (κ2) is 5.14. The summed E-state index contributed by atoms with van der Waals surface area (Å²) < 4.78 is 0. The van der Waals surface area contributed by atoms with E-state index in [4.69, 9.17) is 0 Å². The lowest BCUT2D eigenvalue weighted by molar-refractivity contribution is 0.0979. The number of ketones is 2. The van der Waals surface area contributed by atoms with Gasteiger partial charge in [0.25, 0.3) is 0 Å². The van der Waals surface area contributed by atoms with Crippen LogP contribution in [0, 0.1) is 0 Å². The number of rotatable bonds is 2. The van der Waals surface area contributed by atoms with E-state index in [0.717, 1.165) is 21.9 Å². The van der Waals surface area contributed by atoms with E-state index in [1.165, 1.54) is 0 Å². The number of fused-ring (bicyclic) bond motifs is 3. The van der Waals surface area contributed by atoms with E-state index in [0.29, 0.717) is 22.3 Å². The lowest BCUT2D eigenvalue weighted by atomic mass is 9.81. The summed E-state index contributed by atoms with van der Waals surface area (Å²) in [5.41, 5.74) is 3.40. The Morgan fingerprint density at radius 2 is 1.00 bits per heavy atom. The zero-order valence-electron chi connectivity index (χ0n) is 13.0. The van der Waals surface area contributed by atoms with Crippen molar-refractivity contribution in [3.05, 3.63) is 95.1 Å². The molecule has 0 bridgehead atoms. The van der Waals surface area contributed by atoms with Crippen LogP contribution in [0.4, 0.5) is 0 Å². The van der Waals surface area contributed by atoms with Crippen LogP contribution in [-0.2, 0) is 0 Å². The van der Waals surface area contributed by atoms with Gasteiger partial charge in [-0.15, -0.1) is 0 Å². The molecule has 114 valence electrons. The van der Waals surface area contributed by atoms with Gasteiger partial charge in [-0.2, -0.15) is 0 Å². The highest BCUT2D eigenvalue weighted by molar-refractivity contribution is 6.29. The van der Waals surface area contributed by atoms with Crippen LogP contribution in [-0.4, -0.2) is 11.6 Å². The maximum atomic E-state index is 13.0. The van der Waals surface area contributed by atoms with Crippen molar-refractivity contribution >= 4 is 34.5 Å². The lowest BCUT2D eigenvalue weighted by Crippen LogP contribution is -2.21. The zero-order chi connectivity index (χ0) is 16.8. The Kier molecular flexibility index (Phi) is 3.07. The highest BCUT2D eigenvalue weighted by Crippen LogP contribution is 2.32. The Bertz CT molecular complexity index is 985. The molecule has 24 heavy (non-hydrogen) atoms. The first-order valence-corrected chi connectivity index (χ1v) is 7.69. The molecular formula is C22H14O2. The predicted molar refractivity (Wildman–Crippen MR) is 97.4 cm³/mol. The van der Waals surface area contributed by atoms with E-state index < -0.39 is 0 Å². The maximum Gasteiger partial charge on any atom is 0.194 e. The molecule has 3 aromatic rings. The SMILES string of the molecule is C=Cc1cc2c(cc1C=C)C(=O)c1cc3ccccc3cc1C2=O. The number of hydrogen-bond donors (Lipinski definition) is 0. The van der Waals surface area contributed by atoms with E-state index >= 15 is 0 Å².